The Morgan fingerprint density at radius 1 is 1.23 bits per heavy atom. The monoisotopic (exact) mass is 387 g/mol. The molecule has 2 heterocycles. The van der Waals surface area contributed by atoms with Gasteiger partial charge in [-0.05, 0) is 20.8 Å². The van der Waals surface area contributed by atoms with Gasteiger partial charge in [-0.15, -0.1) is 0 Å². The summed E-state index contributed by atoms with van der Waals surface area (Å²) in [6.07, 6.45) is 1.27. The summed E-state index contributed by atoms with van der Waals surface area (Å²) in [5, 5.41) is 0. The lowest BCUT2D eigenvalue weighted by atomic mass is 10.2. The highest BCUT2D eigenvalue weighted by Gasteiger charge is 2.31. The number of anilines is 1. The average Bonchev–Trinajstić information content (AvgIpc) is 2.98. The quantitative estimate of drug-likeness (QED) is 0.689. The Kier molecular flexibility index (Phi) is 5.61. The number of hydrogen-bond donors (Lipinski definition) is 0. The van der Waals surface area contributed by atoms with Crippen molar-refractivity contribution in [2.45, 2.75) is 26.4 Å². The maximum absolute atomic E-state index is 12.5. The van der Waals surface area contributed by atoms with Crippen LogP contribution in [-0.2, 0) is 14.9 Å². The minimum atomic E-state index is -3.90. The van der Waals surface area contributed by atoms with Crippen molar-refractivity contribution in [1.82, 2.24) is 18.2 Å². The van der Waals surface area contributed by atoms with Gasteiger partial charge >= 0.3 is 16.3 Å². The molecule has 26 heavy (non-hydrogen) atoms. The number of carbonyl (C=O) groups excluding carboxylic acids is 2. The second-order valence-corrected chi connectivity index (χ2v) is 9.10. The molecular formula is C15H25N5O5S. The van der Waals surface area contributed by atoms with Gasteiger partial charge < -0.3 is 14.5 Å². The first-order chi connectivity index (χ1) is 12.0. The molecule has 10 nitrogen and oxygen atoms in total. The fourth-order valence-corrected chi connectivity index (χ4v) is 3.50. The van der Waals surface area contributed by atoms with Gasteiger partial charge in [-0.1, -0.05) is 0 Å². The molecule has 0 saturated carbocycles. The number of piperazine rings is 1. The van der Waals surface area contributed by atoms with Gasteiger partial charge in [-0.2, -0.15) is 16.7 Å². The highest BCUT2D eigenvalue weighted by molar-refractivity contribution is 7.87. The van der Waals surface area contributed by atoms with E-state index in [1.54, 1.807) is 30.6 Å². The molecular weight excluding hydrogens is 362 g/mol. The van der Waals surface area contributed by atoms with E-state index in [9.17, 15) is 18.0 Å². The van der Waals surface area contributed by atoms with Gasteiger partial charge in [-0.25, -0.2) is 9.78 Å². The lowest BCUT2D eigenvalue weighted by Gasteiger charge is -2.36. The zero-order chi connectivity index (χ0) is 19.7. The largest absolute Gasteiger partial charge is 0.444 e. The number of aromatic nitrogens is 2. The molecule has 11 heteroatoms. The molecule has 146 valence electrons. The predicted octanol–water partition coefficient (Wildman–Crippen LogP) is 0.407. The van der Waals surface area contributed by atoms with Gasteiger partial charge in [-0.3, -0.25) is 4.79 Å². The van der Waals surface area contributed by atoms with Gasteiger partial charge in [0.2, 0.25) is 5.95 Å². The summed E-state index contributed by atoms with van der Waals surface area (Å²) in [6.45, 7) is 6.86. The van der Waals surface area contributed by atoms with E-state index < -0.39 is 21.9 Å². The smallest absolute Gasteiger partial charge is 0.410 e. The molecule has 1 aliphatic heterocycles. The van der Waals surface area contributed by atoms with Crippen LogP contribution in [0.25, 0.3) is 0 Å². The number of imidazole rings is 1. The SMILES string of the molecule is CN(C)S(=O)(=O)n1c(C=O)cnc1N1CCN(C(=O)OC(C)(C)C)CC1. The third-order valence-electron chi connectivity index (χ3n) is 3.76. The van der Waals surface area contributed by atoms with Crippen LogP contribution in [0.3, 0.4) is 0 Å². The predicted molar refractivity (Wildman–Crippen MR) is 95.6 cm³/mol. The molecule has 2 rings (SSSR count). The van der Waals surface area contributed by atoms with Crippen molar-refractivity contribution in [3.05, 3.63) is 11.9 Å². The number of carbonyl (C=O) groups is 2. The Labute approximate surface area is 153 Å². The molecule has 0 bridgehead atoms. The second kappa shape index (κ2) is 7.23. The minimum absolute atomic E-state index is 0.0525. The Balaban J connectivity index is 2.19. The number of nitrogens with zero attached hydrogens (tertiary/aromatic N) is 5. The number of amides is 1. The van der Waals surface area contributed by atoms with Crippen LogP contribution in [0.4, 0.5) is 10.7 Å². The number of aldehydes is 1. The highest BCUT2D eigenvalue weighted by Crippen LogP contribution is 2.21. The zero-order valence-corrected chi connectivity index (χ0v) is 16.5. The first kappa shape index (κ1) is 20.2. The fraction of sp³-hybridized carbons (Fsp3) is 0.667. The van der Waals surface area contributed by atoms with Crippen molar-refractivity contribution < 1.29 is 22.7 Å². The molecule has 0 spiro atoms. The van der Waals surface area contributed by atoms with Gasteiger partial charge in [0.25, 0.3) is 0 Å². The van der Waals surface area contributed by atoms with Crippen molar-refractivity contribution in [3.63, 3.8) is 0 Å². The van der Waals surface area contributed by atoms with Crippen LogP contribution in [-0.4, -0.2) is 84.8 Å². The summed E-state index contributed by atoms with van der Waals surface area (Å²) < 4.78 is 32.4. The molecule has 0 radical (unpaired) electrons. The molecule has 0 aliphatic carbocycles. The van der Waals surface area contributed by atoms with E-state index in [4.69, 9.17) is 4.74 Å². The van der Waals surface area contributed by atoms with E-state index in [1.807, 2.05) is 0 Å². The summed E-state index contributed by atoms with van der Waals surface area (Å²) >= 11 is 0. The van der Waals surface area contributed by atoms with Crippen molar-refractivity contribution >= 4 is 28.5 Å². The summed E-state index contributed by atoms with van der Waals surface area (Å²) in [4.78, 5) is 30.8. The molecule has 0 aromatic carbocycles. The maximum atomic E-state index is 12.5. The first-order valence-corrected chi connectivity index (χ1v) is 9.56. The molecule has 1 aromatic heterocycles. The lowest BCUT2D eigenvalue weighted by molar-refractivity contribution is 0.0240. The fourth-order valence-electron chi connectivity index (χ4n) is 2.45. The number of ether oxygens (including phenoxy) is 1. The van der Waals surface area contributed by atoms with E-state index in [1.165, 1.54) is 20.3 Å². The van der Waals surface area contributed by atoms with Crippen molar-refractivity contribution in [3.8, 4) is 0 Å². The molecule has 1 amide bonds. The Morgan fingerprint density at radius 2 is 1.81 bits per heavy atom. The van der Waals surface area contributed by atoms with E-state index in [-0.39, 0.29) is 11.6 Å². The van der Waals surface area contributed by atoms with E-state index in [2.05, 4.69) is 4.98 Å². The van der Waals surface area contributed by atoms with Crippen LogP contribution in [0, 0.1) is 0 Å². The Bertz CT molecular complexity index is 773. The zero-order valence-electron chi connectivity index (χ0n) is 15.7. The average molecular weight is 387 g/mol. The van der Waals surface area contributed by atoms with E-state index in [0.717, 1.165) is 8.28 Å². The highest BCUT2D eigenvalue weighted by atomic mass is 32.2. The summed E-state index contributed by atoms with van der Waals surface area (Å²) in [5.41, 5.74) is -0.633. The van der Waals surface area contributed by atoms with Crippen LogP contribution in [0.15, 0.2) is 6.20 Å². The molecule has 1 saturated heterocycles. The lowest BCUT2D eigenvalue weighted by Crippen LogP contribution is -2.51. The van der Waals surface area contributed by atoms with Gasteiger partial charge in [0, 0.05) is 40.3 Å². The van der Waals surface area contributed by atoms with E-state index >= 15 is 0 Å². The standard InChI is InChI=1S/C15H25N5O5S/c1-15(2,3)25-14(22)19-8-6-18(7-9-19)13-16-10-12(11-21)20(13)26(23,24)17(4)5/h10-11H,6-9H2,1-5H3. The summed E-state index contributed by atoms with van der Waals surface area (Å²) in [5.74, 6) is 0.157. The third kappa shape index (κ3) is 4.15. The molecule has 1 aliphatic rings. The van der Waals surface area contributed by atoms with Crippen LogP contribution >= 0.6 is 0 Å². The van der Waals surface area contributed by atoms with Crippen LogP contribution in [0.1, 0.15) is 31.3 Å². The molecule has 0 N–H and O–H groups in total. The first-order valence-electron chi connectivity index (χ1n) is 8.16. The van der Waals surface area contributed by atoms with Gasteiger partial charge in [0.15, 0.2) is 6.29 Å². The van der Waals surface area contributed by atoms with Gasteiger partial charge in [0.05, 0.1) is 6.20 Å². The Morgan fingerprint density at radius 3 is 2.27 bits per heavy atom. The van der Waals surface area contributed by atoms with Gasteiger partial charge in [0.1, 0.15) is 11.3 Å². The summed E-state index contributed by atoms with van der Waals surface area (Å²) in [6, 6.07) is 0. The van der Waals surface area contributed by atoms with Crippen LogP contribution in [0.2, 0.25) is 0 Å². The van der Waals surface area contributed by atoms with Crippen molar-refractivity contribution in [2.75, 3.05) is 45.2 Å². The Hall–Kier alpha value is -2.14. The maximum Gasteiger partial charge on any atom is 0.410 e. The van der Waals surface area contributed by atoms with E-state index in [0.29, 0.717) is 32.5 Å². The second-order valence-electron chi connectivity index (χ2n) is 7.11. The van der Waals surface area contributed by atoms with Crippen molar-refractivity contribution in [1.29, 1.82) is 0 Å². The van der Waals surface area contributed by atoms with Crippen molar-refractivity contribution in [2.24, 2.45) is 0 Å². The molecule has 0 atom stereocenters. The summed E-state index contributed by atoms with van der Waals surface area (Å²) in [7, 11) is -1.13. The topological polar surface area (TPSA) is 105 Å². The third-order valence-corrected chi connectivity index (χ3v) is 5.51. The minimum Gasteiger partial charge on any atom is -0.444 e. The number of hydrogen-bond acceptors (Lipinski definition) is 7. The normalized spacial score (nSPS) is 16.1. The molecule has 1 aromatic rings. The van der Waals surface area contributed by atoms with Crippen LogP contribution in [0.5, 0.6) is 0 Å². The van der Waals surface area contributed by atoms with Crippen LogP contribution < -0.4 is 4.90 Å². The molecule has 0 unspecified atom stereocenters. The molecule has 1 fully saturated rings. The number of rotatable bonds is 4.